The maximum atomic E-state index is 5.70. The first-order valence-corrected chi connectivity index (χ1v) is 7.48. The van der Waals surface area contributed by atoms with Crippen molar-refractivity contribution in [2.45, 2.75) is 20.0 Å². The predicted octanol–water partition coefficient (Wildman–Crippen LogP) is 3.34. The topological polar surface area (TPSA) is 60.2 Å². The van der Waals surface area contributed by atoms with Crippen molar-refractivity contribution in [2.75, 3.05) is 7.11 Å². The van der Waals surface area contributed by atoms with Gasteiger partial charge in [0.05, 0.1) is 13.7 Å². The van der Waals surface area contributed by atoms with E-state index < -0.39 is 0 Å². The molecule has 23 heavy (non-hydrogen) atoms. The highest BCUT2D eigenvalue weighted by Crippen LogP contribution is 2.22. The van der Waals surface area contributed by atoms with Gasteiger partial charge in [0.15, 0.2) is 0 Å². The molecule has 3 aromatic rings. The van der Waals surface area contributed by atoms with Gasteiger partial charge in [-0.25, -0.2) is 0 Å². The van der Waals surface area contributed by atoms with Gasteiger partial charge < -0.3 is 14.5 Å². The maximum Gasteiger partial charge on any atom is 0.247 e. The lowest BCUT2D eigenvalue weighted by molar-refractivity contribution is 0.414. The van der Waals surface area contributed by atoms with Crippen molar-refractivity contribution in [3.8, 4) is 17.2 Å². The van der Waals surface area contributed by atoms with E-state index >= 15 is 0 Å². The second-order valence-electron chi connectivity index (χ2n) is 5.26. The number of nitrogens with one attached hydrogen (secondary N) is 1. The van der Waals surface area contributed by atoms with E-state index in [9.17, 15) is 0 Å². The minimum atomic E-state index is 0.497. The van der Waals surface area contributed by atoms with Crippen LogP contribution in [0.4, 0.5) is 0 Å². The van der Waals surface area contributed by atoms with Crippen molar-refractivity contribution < 1.29 is 9.15 Å². The fourth-order valence-corrected chi connectivity index (χ4v) is 2.31. The van der Waals surface area contributed by atoms with E-state index in [1.54, 1.807) is 7.11 Å². The molecule has 3 rings (SSSR count). The molecule has 0 amide bonds. The smallest absolute Gasteiger partial charge is 0.247 e. The second kappa shape index (κ2) is 7.07. The van der Waals surface area contributed by atoms with Crippen LogP contribution in [0, 0.1) is 6.92 Å². The average Bonchev–Trinajstić information content (AvgIpc) is 3.06. The number of hydrogen-bond donors (Lipinski definition) is 1. The first kappa shape index (κ1) is 15.2. The summed E-state index contributed by atoms with van der Waals surface area (Å²) in [5.74, 6) is 1.83. The van der Waals surface area contributed by atoms with E-state index in [-0.39, 0.29) is 0 Å². The second-order valence-corrected chi connectivity index (χ2v) is 5.26. The van der Waals surface area contributed by atoms with Crippen molar-refractivity contribution >= 4 is 0 Å². The molecule has 1 aromatic heterocycles. The standard InChI is InChI=1S/C18H19N3O2/c1-13-6-3-4-7-15(13)11-19-12-17-20-21-18(23-17)14-8-5-9-16(10-14)22-2/h3-10,19H,11-12H2,1-2H3. The Morgan fingerprint density at radius 1 is 1.04 bits per heavy atom. The zero-order chi connectivity index (χ0) is 16.1. The highest BCUT2D eigenvalue weighted by molar-refractivity contribution is 5.55. The van der Waals surface area contributed by atoms with Crippen LogP contribution in [0.25, 0.3) is 11.5 Å². The van der Waals surface area contributed by atoms with Crippen molar-refractivity contribution in [3.05, 3.63) is 65.5 Å². The monoisotopic (exact) mass is 309 g/mol. The molecule has 0 spiro atoms. The number of rotatable bonds is 6. The van der Waals surface area contributed by atoms with Gasteiger partial charge >= 0.3 is 0 Å². The highest BCUT2D eigenvalue weighted by Gasteiger charge is 2.09. The molecule has 0 unspecified atom stereocenters. The van der Waals surface area contributed by atoms with Crippen molar-refractivity contribution in [3.63, 3.8) is 0 Å². The third kappa shape index (κ3) is 3.76. The van der Waals surface area contributed by atoms with Gasteiger partial charge in [-0.15, -0.1) is 10.2 Å². The van der Waals surface area contributed by atoms with Gasteiger partial charge in [-0.05, 0) is 36.2 Å². The molecule has 0 aliphatic rings. The molecular formula is C18H19N3O2. The third-order valence-corrected chi connectivity index (χ3v) is 3.64. The Morgan fingerprint density at radius 2 is 1.91 bits per heavy atom. The van der Waals surface area contributed by atoms with E-state index in [1.807, 2.05) is 36.4 Å². The zero-order valence-corrected chi connectivity index (χ0v) is 13.2. The number of aryl methyl sites for hydroxylation is 1. The minimum absolute atomic E-state index is 0.497. The summed E-state index contributed by atoms with van der Waals surface area (Å²) in [6.07, 6.45) is 0. The summed E-state index contributed by atoms with van der Waals surface area (Å²) in [6.45, 7) is 3.40. The molecule has 1 N–H and O–H groups in total. The van der Waals surface area contributed by atoms with Crippen LogP contribution >= 0.6 is 0 Å². The van der Waals surface area contributed by atoms with Gasteiger partial charge in [-0.3, -0.25) is 0 Å². The molecule has 1 heterocycles. The van der Waals surface area contributed by atoms with Crippen molar-refractivity contribution in [2.24, 2.45) is 0 Å². The van der Waals surface area contributed by atoms with Gasteiger partial charge in [0.2, 0.25) is 11.8 Å². The Labute approximate surface area is 135 Å². The zero-order valence-electron chi connectivity index (χ0n) is 13.2. The number of nitrogens with zero attached hydrogens (tertiary/aromatic N) is 2. The number of benzene rings is 2. The largest absolute Gasteiger partial charge is 0.497 e. The van der Waals surface area contributed by atoms with Crippen molar-refractivity contribution in [1.82, 2.24) is 15.5 Å². The molecule has 5 heteroatoms. The SMILES string of the molecule is COc1cccc(-c2nnc(CNCc3ccccc3C)o2)c1. The molecule has 0 radical (unpaired) electrons. The minimum Gasteiger partial charge on any atom is -0.497 e. The number of ether oxygens (including phenoxy) is 1. The summed E-state index contributed by atoms with van der Waals surface area (Å²) in [6, 6.07) is 15.9. The van der Waals surface area contributed by atoms with Crippen LogP contribution in [0.15, 0.2) is 52.9 Å². The van der Waals surface area contributed by atoms with E-state index in [1.165, 1.54) is 11.1 Å². The predicted molar refractivity (Wildman–Crippen MR) is 88.0 cm³/mol. The summed E-state index contributed by atoms with van der Waals surface area (Å²) in [5.41, 5.74) is 3.38. The molecule has 0 saturated heterocycles. The molecule has 0 fully saturated rings. The Hall–Kier alpha value is -2.66. The Balaban J connectivity index is 1.62. The lowest BCUT2D eigenvalue weighted by Crippen LogP contribution is -2.13. The number of aromatic nitrogens is 2. The van der Waals surface area contributed by atoms with E-state index in [0.717, 1.165) is 17.9 Å². The van der Waals surface area contributed by atoms with Crippen LogP contribution in [0.3, 0.4) is 0 Å². The van der Waals surface area contributed by atoms with Gasteiger partial charge in [0, 0.05) is 12.1 Å². The van der Waals surface area contributed by atoms with E-state index in [4.69, 9.17) is 9.15 Å². The lowest BCUT2D eigenvalue weighted by atomic mass is 10.1. The first-order valence-electron chi connectivity index (χ1n) is 7.48. The Morgan fingerprint density at radius 3 is 2.74 bits per heavy atom. The van der Waals surface area contributed by atoms with Crippen LogP contribution in [0.5, 0.6) is 5.75 Å². The molecule has 118 valence electrons. The highest BCUT2D eigenvalue weighted by atomic mass is 16.5. The summed E-state index contributed by atoms with van der Waals surface area (Å²) in [7, 11) is 1.63. The van der Waals surface area contributed by atoms with Gasteiger partial charge in [-0.1, -0.05) is 30.3 Å². The summed E-state index contributed by atoms with van der Waals surface area (Å²) in [5, 5.41) is 11.5. The normalized spacial score (nSPS) is 10.7. The van der Waals surface area contributed by atoms with Crippen molar-refractivity contribution in [1.29, 1.82) is 0 Å². The van der Waals surface area contributed by atoms with Gasteiger partial charge in [0.1, 0.15) is 5.75 Å². The molecule has 2 aromatic carbocycles. The van der Waals surface area contributed by atoms with E-state index in [0.29, 0.717) is 18.3 Å². The van der Waals surface area contributed by atoms with Gasteiger partial charge in [-0.2, -0.15) is 0 Å². The number of hydrogen-bond acceptors (Lipinski definition) is 5. The van der Waals surface area contributed by atoms with Crippen LogP contribution in [0.2, 0.25) is 0 Å². The molecule has 0 saturated carbocycles. The molecule has 0 aliphatic heterocycles. The van der Waals surface area contributed by atoms with E-state index in [2.05, 4.69) is 34.6 Å². The maximum absolute atomic E-state index is 5.70. The van der Waals surface area contributed by atoms with Crippen LogP contribution in [-0.2, 0) is 13.1 Å². The quantitative estimate of drug-likeness (QED) is 0.756. The summed E-state index contributed by atoms with van der Waals surface area (Å²) in [4.78, 5) is 0. The summed E-state index contributed by atoms with van der Waals surface area (Å²) >= 11 is 0. The summed E-state index contributed by atoms with van der Waals surface area (Å²) < 4.78 is 10.9. The Kier molecular flexibility index (Phi) is 4.68. The van der Waals surface area contributed by atoms with Gasteiger partial charge in [0.25, 0.3) is 0 Å². The average molecular weight is 309 g/mol. The lowest BCUT2D eigenvalue weighted by Gasteiger charge is -2.05. The first-order chi connectivity index (χ1) is 11.3. The Bertz CT molecular complexity index is 783. The third-order valence-electron chi connectivity index (χ3n) is 3.64. The molecule has 0 bridgehead atoms. The fourth-order valence-electron chi connectivity index (χ4n) is 2.31. The number of methoxy groups -OCH3 is 1. The van der Waals surface area contributed by atoms with Crippen LogP contribution in [-0.4, -0.2) is 17.3 Å². The molecule has 0 atom stereocenters. The van der Waals surface area contributed by atoms with Crippen LogP contribution < -0.4 is 10.1 Å². The molecule has 5 nitrogen and oxygen atoms in total. The fraction of sp³-hybridized carbons (Fsp3) is 0.222. The van der Waals surface area contributed by atoms with Crippen LogP contribution in [0.1, 0.15) is 17.0 Å². The molecule has 0 aliphatic carbocycles. The molecular weight excluding hydrogens is 290 g/mol.